The predicted octanol–water partition coefficient (Wildman–Crippen LogP) is 11.0. The number of fused-ring (bicyclic) bond motifs is 8. The van der Waals surface area contributed by atoms with Crippen LogP contribution in [0.5, 0.6) is 0 Å². The largest absolute Gasteiger partial charge is 0.208 e. The third-order valence-corrected chi connectivity index (χ3v) is 10.7. The topological polar surface area (TPSA) is 38.7 Å². The lowest BCUT2D eigenvalue weighted by atomic mass is 9.70. The molecule has 49 heavy (non-hydrogen) atoms. The molecule has 0 bridgehead atoms. The zero-order chi connectivity index (χ0) is 32.1. The van der Waals surface area contributed by atoms with Gasteiger partial charge >= 0.3 is 0 Å². The van der Waals surface area contributed by atoms with E-state index in [9.17, 15) is 0 Å². The van der Waals surface area contributed by atoms with Gasteiger partial charge in [-0.25, -0.2) is 15.0 Å². The van der Waals surface area contributed by atoms with Gasteiger partial charge in [-0.05, 0) is 71.8 Å². The molecule has 3 nitrogen and oxygen atoms in total. The molecule has 0 saturated carbocycles. The van der Waals surface area contributed by atoms with Crippen molar-refractivity contribution in [2.24, 2.45) is 0 Å². The van der Waals surface area contributed by atoms with Gasteiger partial charge in [0.2, 0.25) is 0 Å². The maximum Gasteiger partial charge on any atom is 0.164 e. The minimum atomic E-state index is -0.446. The number of benzene rings is 8. The maximum atomic E-state index is 5.23. The van der Waals surface area contributed by atoms with Crippen molar-refractivity contribution >= 4 is 32.3 Å². The van der Waals surface area contributed by atoms with Crippen LogP contribution < -0.4 is 0 Å². The summed E-state index contributed by atoms with van der Waals surface area (Å²) in [5, 5.41) is 7.54. The Balaban J connectivity index is 1.20. The second kappa shape index (κ2) is 9.79. The Hall–Kier alpha value is -6.45. The Bertz CT molecular complexity index is 2770. The first-order valence-electron chi connectivity index (χ1n) is 16.8. The highest BCUT2D eigenvalue weighted by molar-refractivity contribution is 6.17. The molecule has 0 atom stereocenters. The quantitative estimate of drug-likeness (QED) is 0.184. The normalized spacial score (nSPS) is 13.5. The second-order valence-electron chi connectivity index (χ2n) is 13.1. The summed E-state index contributed by atoms with van der Waals surface area (Å²) in [6.45, 7) is 0. The molecule has 1 spiro atoms. The van der Waals surface area contributed by atoms with Crippen LogP contribution in [0.25, 0.3) is 77.6 Å². The number of rotatable bonds is 3. The Morgan fingerprint density at radius 2 is 0.878 bits per heavy atom. The van der Waals surface area contributed by atoms with Crippen LogP contribution >= 0.6 is 0 Å². The SMILES string of the molecule is c1ccc(-c2nc(-c3ccc4c(c3)C3(c5ccccc5-4)c4cccc5ccc6cccc3c6c45)nc(-c3cccc4ccccc34)n2)cc1. The molecular formula is C46H27N3. The molecule has 1 aromatic heterocycles. The molecule has 3 heteroatoms. The standard InChI is InChI=1S/C46H27N3/c1-2-12-31(13-3-1)43-47-44(49-45(48-43)36-19-8-14-28-11-4-5-17-33(28)36)32-25-26-35-34-18-6-7-20-37(34)46(40(35)27-32)38-21-9-15-29-23-24-30-16-10-22-39(46)42(30)41(29)38/h1-27H. The first-order chi connectivity index (χ1) is 24.3. The molecule has 2 aliphatic rings. The van der Waals surface area contributed by atoms with Crippen molar-refractivity contribution in [2.75, 3.05) is 0 Å². The highest BCUT2D eigenvalue weighted by Gasteiger charge is 2.50. The Kier molecular flexibility index (Phi) is 5.31. The van der Waals surface area contributed by atoms with Crippen molar-refractivity contribution in [3.05, 3.63) is 186 Å². The molecule has 226 valence electrons. The summed E-state index contributed by atoms with van der Waals surface area (Å²) in [5.74, 6) is 1.99. The van der Waals surface area contributed by atoms with Crippen LogP contribution in [0.15, 0.2) is 164 Å². The minimum absolute atomic E-state index is 0.446. The van der Waals surface area contributed by atoms with Crippen molar-refractivity contribution < 1.29 is 0 Å². The van der Waals surface area contributed by atoms with E-state index in [0.717, 1.165) is 27.5 Å². The van der Waals surface area contributed by atoms with Gasteiger partial charge in [-0.15, -0.1) is 0 Å². The van der Waals surface area contributed by atoms with E-state index >= 15 is 0 Å². The number of hydrogen-bond acceptors (Lipinski definition) is 3. The smallest absolute Gasteiger partial charge is 0.164 e. The lowest BCUT2D eigenvalue weighted by molar-refractivity contribution is 0.797. The molecular weight excluding hydrogens is 595 g/mol. The van der Waals surface area contributed by atoms with E-state index in [1.165, 1.54) is 54.9 Å². The van der Waals surface area contributed by atoms with Crippen LogP contribution in [0.2, 0.25) is 0 Å². The molecule has 0 radical (unpaired) electrons. The maximum absolute atomic E-state index is 5.23. The van der Waals surface area contributed by atoms with Gasteiger partial charge < -0.3 is 0 Å². The fraction of sp³-hybridized carbons (Fsp3) is 0.0217. The van der Waals surface area contributed by atoms with E-state index in [1.807, 2.05) is 18.2 Å². The van der Waals surface area contributed by atoms with Gasteiger partial charge in [0.1, 0.15) is 0 Å². The fourth-order valence-electron chi connectivity index (χ4n) is 8.69. The summed E-state index contributed by atoms with van der Waals surface area (Å²) in [7, 11) is 0. The summed E-state index contributed by atoms with van der Waals surface area (Å²) in [5.41, 5.74) is 10.3. The number of hydrogen-bond donors (Lipinski definition) is 0. The van der Waals surface area contributed by atoms with Gasteiger partial charge in [-0.2, -0.15) is 0 Å². The summed E-state index contributed by atoms with van der Waals surface area (Å²) < 4.78 is 0. The summed E-state index contributed by atoms with van der Waals surface area (Å²) in [6, 6.07) is 58.9. The molecule has 0 fully saturated rings. The van der Waals surface area contributed by atoms with E-state index in [-0.39, 0.29) is 0 Å². The lowest BCUT2D eigenvalue weighted by Gasteiger charge is -2.31. The van der Waals surface area contributed by atoms with Crippen molar-refractivity contribution in [1.29, 1.82) is 0 Å². The average molecular weight is 622 g/mol. The third-order valence-electron chi connectivity index (χ3n) is 10.7. The van der Waals surface area contributed by atoms with E-state index < -0.39 is 5.41 Å². The lowest BCUT2D eigenvalue weighted by Crippen LogP contribution is -2.26. The van der Waals surface area contributed by atoms with Gasteiger partial charge in [-0.1, -0.05) is 158 Å². The Morgan fingerprint density at radius 3 is 1.67 bits per heavy atom. The van der Waals surface area contributed by atoms with Gasteiger partial charge in [-0.3, -0.25) is 0 Å². The molecule has 2 aliphatic carbocycles. The number of nitrogens with zero attached hydrogens (tertiary/aromatic N) is 3. The monoisotopic (exact) mass is 621 g/mol. The van der Waals surface area contributed by atoms with E-state index in [1.54, 1.807) is 0 Å². The zero-order valence-electron chi connectivity index (χ0n) is 26.4. The molecule has 11 rings (SSSR count). The van der Waals surface area contributed by atoms with Crippen molar-refractivity contribution in [3.63, 3.8) is 0 Å². The van der Waals surface area contributed by atoms with E-state index in [4.69, 9.17) is 15.0 Å². The van der Waals surface area contributed by atoms with Crippen LogP contribution in [0.1, 0.15) is 22.3 Å². The first kappa shape index (κ1) is 26.6. The summed E-state index contributed by atoms with van der Waals surface area (Å²) in [6.07, 6.45) is 0. The van der Waals surface area contributed by atoms with Crippen LogP contribution in [-0.2, 0) is 5.41 Å². The van der Waals surface area contributed by atoms with Crippen LogP contribution in [0, 0.1) is 0 Å². The summed E-state index contributed by atoms with van der Waals surface area (Å²) in [4.78, 5) is 15.5. The molecule has 9 aromatic rings. The number of aromatic nitrogens is 3. The molecule has 0 unspecified atom stereocenters. The van der Waals surface area contributed by atoms with Gasteiger partial charge in [0, 0.05) is 16.7 Å². The fourth-order valence-corrected chi connectivity index (χ4v) is 8.69. The molecule has 0 aliphatic heterocycles. The average Bonchev–Trinajstić information content (AvgIpc) is 3.65. The predicted molar refractivity (Wildman–Crippen MR) is 200 cm³/mol. The van der Waals surface area contributed by atoms with Gasteiger partial charge in [0.15, 0.2) is 17.5 Å². The Morgan fingerprint density at radius 1 is 0.327 bits per heavy atom. The molecule has 8 aromatic carbocycles. The molecule has 0 amide bonds. The van der Waals surface area contributed by atoms with Crippen LogP contribution in [0.4, 0.5) is 0 Å². The van der Waals surface area contributed by atoms with Crippen LogP contribution in [0.3, 0.4) is 0 Å². The minimum Gasteiger partial charge on any atom is -0.208 e. The second-order valence-corrected chi connectivity index (χ2v) is 13.1. The van der Waals surface area contributed by atoms with Gasteiger partial charge in [0.25, 0.3) is 0 Å². The van der Waals surface area contributed by atoms with Crippen molar-refractivity contribution in [3.8, 4) is 45.3 Å². The van der Waals surface area contributed by atoms with E-state index in [2.05, 4.69) is 146 Å². The van der Waals surface area contributed by atoms with Crippen molar-refractivity contribution in [1.82, 2.24) is 15.0 Å². The van der Waals surface area contributed by atoms with E-state index in [0.29, 0.717) is 17.5 Å². The highest BCUT2D eigenvalue weighted by Crippen LogP contribution is 2.62. The molecule has 0 saturated heterocycles. The van der Waals surface area contributed by atoms with Crippen molar-refractivity contribution in [2.45, 2.75) is 5.41 Å². The van der Waals surface area contributed by atoms with Crippen LogP contribution in [-0.4, -0.2) is 15.0 Å². The Labute approximate surface area is 283 Å². The van der Waals surface area contributed by atoms with Gasteiger partial charge in [0.05, 0.1) is 5.41 Å². The molecule has 1 heterocycles. The highest BCUT2D eigenvalue weighted by atomic mass is 15.0. The zero-order valence-corrected chi connectivity index (χ0v) is 26.4. The summed E-state index contributed by atoms with van der Waals surface area (Å²) >= 11 is 0. The first-order valence-corrected chi connectivity index (χ1v) is 16.8. The third kappa shape index (κ3) is 3.54. The molecule has 0 N–H and O–H groups in total.